The molecule has 0 spiro atoms. The van der Waals surface area contributed by atoms with E-state index in [0.717, 1.165) is 18.8 Å². The van der Waals surface area contributed by atoms with Crippen LogP contribution in [0.3, 0.4) is 0 Å². The molecule has 0 aromatic rings. The van der Waals surface area contributed by atoms with E-state index in [-0.39, 0.29) is 11.9 Å². The number of ether oxygens (including phenoxy) is 1. The Morgan fingerprint density at radius 2 is 0.879 bits per heavy atom. The van der Waals surface area contributed by atoms with Crippen LogP contribution < -0.4 is 0 Å². The Hall–Kier alpha value is -0.530. The van der Waals surface area contributed by atoms with Crippen molar-refractivity contribution < 1.29 is 9.53 Å². The Balaban J connectivity index is 3.27. The smallest absolute Gasteiger partial charge is 0.308 e. The molecule has 33 heavy (non-hydrogen) atoms. The lowest BCUT2D eigenvalue weighted by Crippen LogP contribution is -2.15. The van der Waals surface area contributed by atoms with E-state index in [9.17, 15) is 4.79 Å². The van der Waals surface area contributed by atoms with E-state index < -0.39 is 0 Å². The molecule has 1 unspecified atom stereocenters. The van der Waals surface area contributed by atoms with Crippen LogP contribution in [0.2, 0.25) is 0 Å². The first-order chi connectivity index (χ1) is 16.1. The zero-order valence-corrected chi connectivity index (χ0v) is 23.4. The molecule has 0 saturated heterocycles. The number of unbranched alkanes of at least 4 members (excludes halogenated alkanes) is 19. The van der Waals surface area contributed by atoms with Crippen molar-refractivity contribution in [1.82, 2.24) is 0 Å². The van der Waals surface area contributed by atoms with Gasteiger partial charge in [0.25, 0.3) is 0 Å². The molecule has 198 valence electrons. The highest BCUT2D eigenvalue weighted by atomic mass is 16.5. The van der Waals surface area contributed by atoms with Crippen LogP contribution in [-0.2, 0) is 9.53 Å². The van der Waals surface area contributed by atoms with Gasteiger partial charge in [0, 0.05) is 0 Å². The first-order valence-corrected chi connectivity index (χ1v) is 15.2. The highest BCUT2D eigenvalue weighted by molar-refractivity contribution is 5.71. The zero-order valence-electron chi connectivity index (χ0n) is 23.4. The zero-order chi connectivity index (χ0) is 24.4. The van der Waals surface area contributed by atoms with Crippen molar-refractivity contribution in [2.75, 3.05) is 6.61 Å². The fourth-order valence-electron chi connectivity index (χ4n) is 4.62. The maximum Gasteiger partial charge on any atom is 0.308 e. The molecule has 0 bridgehead atoms. The van der Waals surface area contributed by atoms with E-state index >= 15 is 0 Å². The predicted octanol–water partition coefficient (Wildman–Crippen LogP) is 10.8. The first-order valence-electron chi connectivity index (χ1n) is 15.2. The second kappa shape index (κ2) is 26.1. The summed E-state index contributed by atoms with van der Waals surface area (Å²) in [6.45, 7) is 9.58. The molecule has 0 aromatic carbocycles. The third kappa shape index (κ3) is 25.9. The monoisotopic (exact) mass is 466 g/mol. The minimum Gasteiger partial charge on any atom is -0.465 e. The summed E-state index contributed by atoms with van der Waals surface area (Å²) in [5.74, 6) is 0.973. The number of esters is 1. The maximum absolute atomic E-state index is 12.1. The van der Waals surface area contributed by atoms with Crippen LogP contribution in [0.15, 0.2) is 0 Å². The lowest BCUT2D eigenvalue weighted by Gasteiger charge is -2.11. The Morgan fingerprint density at radius 3 is 1.30 bits per heavy atom. The van der Waals surface area contributed by atoms with Crippen LogP contribution in [0.4, 0.5) is 0 Å². The van der Waals surface area contributed by atoms with E-state index in [1.807, 2.05) is 6.92 Å². The largest absolute Gasteiger partial charge is 0.465 e. The lowest BCUT2D eigenvalue weighted by molar-refractivity contribution is -0.148. The molecule has 0 aromatic heterocycles. The van der Waals surface area contributed by atoms with Crippen molar-refractivity contribution in [3.05, 3.63) is 0 Å². The molecule has 0 amide bonds. The minimum absolute atomic E-state index is 0.0258. The molecule has 0 rings (SSSR count). The van der Waals surface area contributed by atoms with Crippen LogP contribution in [0.5, 0.6) is 0 Å². The summed E-state index contributed by atoms with van der Waals surface area (Å²) in [6.07, 6.45) is 30.7. The van der Waals surface area contributed by atoms with Gasteiger partial charge in [-0.25, -0.2) is 0 Å². The molecule has 0 fully saturated rings. The Morgan fingerprint density at radius 1 is 0.515 bits per heavy atom. The summed E-state index contributed by atoms with van der Waals surface area (Å²) in [5.41, 5.74) is 0. The van der Waals surface area contributed by atoms with Gasteiger partial charge < -0.3 is 4.74 Å². The standard InChI is InChI=1S/C31H62O2/c1-5-6-7-8-9-18-21-24-27-30(4)31(32)33-28-25-22-19-16-14-12-10-11-13-15-17-20-23-26-29(2)3/h29-30H,5-28H2,1-4H3. The molecule has 2 nitrogen and oxygen atoms in total. The molecular weight excluding hydrogens is 404 g/mol. The van der Waals surface area contributed by atoms with Gasteiger partial charge in [-0.3, -0.25) is 4.79 Å². The topological polar surface area (TPSA) is 26.3 Å². The summed E-state index contributed by atoms with van der Waals surface area (Å²) < 4.78 is 5.51. The Bertz CT molecular complexity index is 390. The second-order valence-corrected chi connectivity index (χ2v) is 11.1. The summed E-state index contributed by atoms with van der Waals surface area (Å²) in [4.78, 5) is 12.1. The number of hydrogen-bond donors (Lipinski definition) is 0. The minimum atomic E-state index is 0.0258. The quantitative estimate of drug-likeness (QED) is 0.0935. The van der Waals surface area contributed by atoms with E-state index in [1.54, 1.807) is 0 Å². The van der Waals surface area contributed by atoms with Crippen LogP contribution in [0, 0.1) is 11.8 Å². The van der Waals surface area contributed by atoms with Crippen molar-refractivity contribution >= 4 is 5.97 Å². The second-order valence-electron chi connectivity index (χ2n) is 11.1. The van der Waals surface area contributed by atoms with E-state index in [2.05, 4.69) is 20.8 Å². The van der Waals surface area contributed by atoms with Gasteiger partial charge >= 0.3 is 5.97 Å². The van der Waals surface area contributed by atoms with Crippen molar-refractivity contribution in [2.45, 2.75) is 175 Å². The highest BCUT2D eigenvalue weighted by Gasteiger charge is 2.13. The third-order valence-corrected chi connectivity index (χ3v) is 7.06. The summed E-state index contributed by atoms with van der Waals surface area (Å²) in [6, 6.07) is 0. The molecule has 2 heteroatoms. The van der Waals surface area contributed by atoms with Crippen LogP contribution in [0.1, 0.15) is 175 Å². The highest BCUT2D eigenvalue weighted by Crippen LogP contribution is 2.16. The van der Waals surface area contributed by atoms with Gasteiger partial charge in [0.05, 0.1) is 12.5 Å². The summed E-state index contributed by atoms with van der Waals surface area (Å²) in [5, 5.41) is 0. The van der Waals surface area contributed by atoms with Crippen LogP contribution in [0.25, 0.3) is 0 Å². The van der Waals surface area contributed by atoms with Crippen molar-refractivity contribution in [3.63, 3.8) is 0 Å². The predicted molar refractivity (Wildman–Crippen MR) is 147 cm³/mol. The van der Waals surface area contributed by atoms with Crippen molar-refractivity contribution in [1.29, 1.82) is 0 Å². The van der Waals surface area contributed by atoms with E-state index in [0.29, 0.717) is 6.61 Å². The van der Waals surface area contributed by atoms with Gasteiger partial charge in [-0.1, -0.05) is 163 Å². The number of rotatable bonds is 26. The maximum atomic E-state index is 12.1. The van der Waals surface area contributed by atoms with Gasteiger partial charge in [0.1, 0.15) is 0 Å². The van der Waals surface area contributed by atoms with Crippen LogP contribution >= 0.6 is 0 Å². The van der Waals surface area contributed by atoms with E-state index in [1.165, 1.54) is 135 Å². The van der Waals surface area contributed by atoms with Crippen molar-refractivity contribution in [2.24, 2.45) is 11.8 Å². The van der Waals surface area contributed by atoms with E-state index in [4.69, 9.17) is 4.74 Å². The lowest BCUT2D eigenvalue weighted by atomic mass is 10.0. The molecular formula is C31H62O2. The molecule has 0 radical (unpaired) electrons. The SMILES string of the molecule is CCCCCCCCCCC(C)C(=O)OCCCCCCCCCCCCCCCC(C)C. The average molecular weight is 467 g/mol. The van der Waals surface area contributed by atoms with Gasteiger partial charge in [0.15, 0.2) is 0 Å². The fourth-order valence-corrected chi connectivity index (χ4v) is 4.62. The first kappa shape index (κ1) is 32.5. The molecule has 0 saturated carbocycles. The normalized spacial score (nSPS) is 12.4. The molecule has 0 aliphatic rings. The van der Waals surface area contributed by atoms with Crippen LogP contribution in [-0.4, -0.2) is 12.6 Å². The Kier molecular flexibility index (Phi) is 25.7. The number of hydrogen-bond acceptors (Lipinski definition) is 2. The molecule has 0 N–H and O–H groups in total. The summed E-state index contributed by atoms with van der Waals surface area (Å²) in [7, 11) is 0. The van der Waals surface area contributed by atoms with Gasteiger partial charge in [-0.2, -0.15) is 0 Å². The molecule has 0 heterocycles. The average Bonchev–Trinajstić information content (AvgIpc) is 2.80. The molecule has 0 aliphatic heterocycles. The van der Waals surface area contributed by atoms with Gasteiger partial charge in [-0.05, 0) is 18.8 Å². The van der Waals surface area contributed by atoms with Gasteiger partial charge in [-0.15, -0.1) is 0 Å². The van der Waals surface area contributed by atoms with Gasteiger partial charge in [0.2, 0.25) is 0 Å². The fraction of sp³-hybridized carbons (Fsp3) is 0.968. The molecule has 0 aliphatic carbocycles. The summed E-state index contributed by atoms with van der Waals surface area (Å²) >= 11 is 0. The third-order valence-electron chi connectivity index (χ3n) is 7.06. The Labute approximate surface area is 209 Å². The van der Waals surface area contributed by atoms with Crippen molar-refractivity contribution in [3.8, 4) is 0 Å². The molecule has 1 atom stereocenters. The number of carbonyl (C=O) groups excluding carboxylic acids is 1. The number of carbonyl (C=O) groups is 1.